The Kier molecular flexibility index (Phi) is 3.57. The van der Waals surface area contributed by atoms with Gasteiger partial charge in [0, 0.05) is 4.90 Å². The Morgan fingerprint density at radius 1 is 1.44 bits per heavy atom. The van der Waals surface area contributed by atoms with Gasteiger partial charge < -0.3 is 9.84 Å². The lowest BCUT2D eigenvalue weighted by atomic mass is 9.64. The first-order valence-electron chi connectivity index (χ1n) is 6.01. The van der Waals surface area contributed by atoms with Crippen LogP contribution in [0, 0.1) is 6.92 Å². The Labute approximate surface area is 112 Å². The molecule has 1 aliphatic carbocycles. The fourth-order valence-electron chi connectivity index (χ4n) is 2.55. The van der Waals surface area contributed by atoms with Crippen LogP contribution >= 0.6 is 11.8 Å². The first-order valence-corrected chi connectivity index (χ1v) is 7.24. The lowest BCUT2D eigenvalue weighted by Gasteiger charge is -2.39. The third-order valence-corrected chi connectivity index (χ3v) is 4.63. The molecule has 1 aromatic rings. The molecule has 0 aromatic heterocycles. The summed E-state index contributed by atoms with van der Waals surface area (Å²) >= 11 is 1.60. The van der Waals surface area contributed by atoms with E-state index >= 15 is 0 Å². The van der Waals surface area contributed by atoms with Gasteiger partial charge in [-0.05, 0) is 49.3 Å². The number of carboxylic acids is 1. The van der Waals surface area contributed by atoms with E-state index in [1.807, 2.05) is 25.3 Å². The number of aliphatic carboxylic acids is 1. The lowest BCUT2D eigenvalue weighted by molar-refractivity contribution is -0.147. The molecule has 0 bridgehead atoms. The summed E-state index contributed by atoms with van der Waals surface area (Å²) in [4.78, 5) is 12.7. The molecule has 1 saturated carbocycles. The summed E-state index contributed by atoms with van der Waals surface area (Å²) in [5.41, 5.74) is 1.26. The highest BCUT2D eigenvalue weighted by atomic mass is 32.2. The number of thioether (sulfide) groups is 1. The summed E-state index contributed by atoms with van der Waals surface area (Å²) in [6.45, 7) is 1.98. The van der Waals surface area contributed by atoms with Crippen molar-refractivity contribution in [1.29, 1.82) is 0 Å². The molecule has 0 amide bonds. The number of aryl methyl sites for hydroxylation is 1. The molecule has 1 aliphatic rings. The van der Waals surface area contributed by atoms with Crippen molar-refractivity contribution in [1.82, 2.24) is 0 Å². The van der Waals surface area contributed by atoms with E-state index in [1.54, 1.807) is 18.9 Å². The highest BCUT2D eigenvalue weighted by molar-refractivity contribution is 7.98. The Bertz CT molecular complexity index is 478. The minimum atomic E-state index is -0.713. The normalized spacial score (nSPS) is 17.1. The van der Waals surface area contributed by atoms with Crippen molar-refractivity contribution >= 4 is 17.7 Å². The molecule has 1 aromatic carbocycles. The first kappa shape index (κ1) is 13.3. The first-order chi connectivity index (χ1) is 8.55. The second-order valence-electron chi connectivity index (χ2n) is 4.76. The lowest BCUT2D eigenvalue weighted by Crippen LogP contribution is -2.42. The zero-order chi connectivity index (χ0) is 13.3. The minimum absolute atomic E-state index is 0.695. The van der Waals surface area contributed by atoms with E-state index in [1.165, 1.54) is 0 Å². The van der Waals surface area contributed by atoms with E-state index in [4.69, 9.17) is 4.74 Å². The standard InChI is InChI=1S/C14H18O3S/c1-9-7-12(18-3)10(8-11(9)17-2)14(13(15)16)5-4-6-14/h7-8H,4-6H2,1-3H3,(H,15,16). The number of benzene rings is 1. The predicted molar refractivity (Wildman–Crippen MR) is 72.7 cm³/mol. The number of hydrogen-bond acceptors (Lipinski definition) is 3. The third kappa shape index (κ3) is 1.88. The van der Waals surface area contributed by atoms with E-state index in [-0.39, 0.29) is 0 Å². The Morgan fingerprint density at radius 3 is 2.50 bits per heavy atom. The second-order valence-corrected chi connectivity index (χ2v) is 5.61. The van der Waals surface area contributed by atoms with Gasteiger partial charge in [-0.3, -0.25) is 4.79 Å². The van der Waals surface area contributed by atoms with E-state index in [0.29, 0.717) is 0 Å². The topological polar surface area (TPSA) is 46.5 Å². The van der Waals surface area contributed by atoms with E-state index in [2.05, 4.69) is 0 Å². The predicted octanol–water partition coefficient (Wildman–Crippen LogP) is 3.23. The molecule has 0 aliphatic heterocycles. The molecule has 0 atom stereocenters. The Morgan fingerprint density at radius 2 is 2.11 bits per heavy atom. The molecule has 0 heterocycles. The van der Waals surface area contributed by atoms with Crippen LogP contribution in [-0.2, 0) is 10.2 Å². The molecule has 4 heteroatoms. The summed E-state index contributed by atoms with van der Waals surface area (Å²) in [5.74, 6) is 0.0604. The van der Waals surface area contributed by atoms with Crippen molar-refractivity contribution in [3.8, 4) is 5.75 Å². The number of ether oxygens (including phenoxy) is 1. The number of rotatable bonds is 4. The van der Waals surface area contributed by atoms with Crippen molar-refractivity contribution < 1.29 is 14.6 Å². The van der Waals surface area contributed by atoms with Gasteiger partial charge in [-0.15, -0.1) is 11.8 Å². The molecule has 2 rings (SSSR count). The van der Waals surface area contributed by atoms with E-state index in [0.717, 1.165) is 41.0 Å². The molecule has 0 radical (unpaired) electrons. The second kappa shape index (κ2) is 4.84. The fourth-order valence-corrected chi connectivity index (χ4v) is 3.32. The van der Waals surface area contributed by atoms with Crippen LogP contribution in [0.1, 0.15) is 30.4 Å². The number of carbonyl (C=O) groups is 1. The molecular weight excluding hydrogens is 248 g/mol. The van der Waals surface area contributed by atoms with Crippen molar-refractivity contribution in [2.24, 2.45) is 0 Å². The van der Waals surface area contributed by atoms with Gasteiger partial charge >= 0.3 is 5.97 Å². The van der Waals surface area contributed by atoms with Gasteiger partial charge in [0.15, 0.2) is 0 Å². The molecule has 18 heavy (non-hydrogen) atoms. The van der Waals surface area contributed by atoms with Crippen LogP contribution in [0.15, 0.2) is 17.0 Å². The minimum Gasteiger partial charge on any atom is -0.496 e. The maximum Gasteiger partial charge on any atom is 0.314 e. The van der Waals surface area contributed by atoms with Crippen molar-refractivity contribution in [2.75, 3.05) is 13.4 Å². The fraction of sp³-hybridized carbons (Fsp3) is 0.500. The molecule has 3 nitrogen and oxygen atoms in total. The van der Waals surface area contributed by atoms with Crippen LogP contribution in [0.3, 0.4) is 0 Å². The quantitative estimate of drug-likeness (QED) is 0.850. The van der Waals surface area contributed by atoms with Crippen molar-refractivity contribution in [2.45, 2.75) is 36.5 Å². The molecular formula is C14H18O3S. The number of hydrogen-bond donors (Lipinski definition) is 1. The largest absolute Gasteiger partial charge is 0.496 e. The summed E-state index contributed by atoms with van der Waals surface area (Å²) in [5, 5.41) is 9.54. The van der Waals surface area contributed by atoms with E-state index < -0.39 is 11.4 Å². The van der Waals surface area contributed by atoms with Gasteiger partial charge in [-0.25, -0.2) is 0 Å². The highest BCUT2D eigenvalue weighted by Gasteiger charge is 2.47. The molecule has 1 N–H and O–H groups in total. The Balaban J connectivity index is 2.58. The van der Waals surface area contributed by atoms with Gasteiger partial charge in [0.1, 0.15) is 5.75 Å². The van der Waals surface area contributed by atoms with Crippen LogP contribution in [0.2, 0.25) is 0 Å². The Hall–Kier alpha value is -1.16. The summed E-state index contributed by atoms with van der Waals surface area (Å²) in [7, 11) is 1.62. The average molecular weight is 266 g/mol. The van der Waals surface area contributed by atoms with Gasteiger partial charge in [0.25, 0.3) is 0 Å². The SMILES string of the molecule is COc1cc(C2(C(=O)O)CCC2)c(SC)cc1C. The number of carboxylic acid groups (broad SMARTS) is 1. The van der Waals surface area contributed by atoms with Crippen molar-refractivity contribution in [3.63, 3.8) is 0 Å². The van der Waals surface area contributed by atoms with Gasteiger partial charge in [0.05, 0.1) is 12.5 Å². The maximum atomic E-state index is 11.6. The average Bonchev–Trinajstić information content (AvgIpc) is 2.28. The summed E-state index contributed by atoms with van der Waals surface area (Å²) in [6, 6.07) is 3.94. The molecule has 98 valence electrons. The molecule has 1 fully saturated rings. The van der Waals surface area contributed by atoms with Gasteiger partial charge in [-0.1, -0.05) is 6.42 Å². The van der Waals surface area contributed by atoms with Crippen LogP contribution in [0.4, 0.5) is 0 Å². The van der Waals surface area contributed by atoms with Crippen LogP contribution in [0.25, 0.3) is 0 Å². The molecule has 0 spiro atoms. The smallest absolute Gasteiger partial charge is 0.314 e. The monoisotopic (exact) mass is 266 g/mol. The van der Waals surface area contributed by atoms with Crippen molar-refractivity contribution in [3.05, 3.63) is 23.3 Å². The van der Waals surface area contributed by atoms with Crippen LogP contribution in [-0.4, -0.2) is 24.4 Å². The van der Waals surface area contributed by atoms with E-state index in [9.17, 15) is 9.90 Å². The maximum absolute atomic E-state index is 11.6. The summed E-state index contributed by atoms with van der Waals surface area (Å²) in [6.07, 6.45) is 4.42. The third-order valence-electron chi connectivity index (χ3n) is 3.85. The zero-order valence-electron chi connectivity index (χ0n) is 10.9. The highest BCUT2D eigenvalue weighted by Crippen LogP contribution is 2.48. The molecule has 0 unspecified atom stereocenters. The number of methoxy groups -OCH3 is 1. The summed E-state index contributed by atoms with van der Waals surface area (Å²) < 4.78 is 5.33. The van der Waals surface area contributed by atoms with Gasteiger partial charge in [0.2, 0.25) is 0 Å². The zero-order valence-corrected chi connectivity index (χ0v) is 11.8. The van der Waals surface area contributed by atoms with Crippen LogP contribution < -0.4 is 4.74 Å². The molecule has 0 saturated heterocycles. The van der Waals surface area contributed by atoms with Gasteiger partial charge in [-0.2, -0.15) is 0 Å². The van der Waals surface area contributed by atoms with Crippen LogP contribution in [0.5, 0.6) is 5.75 Å².